The van der Waals surface area contributed by atoms with E-state index in [2.05, 4.69) is 17.2 Å². The zero-order valence-corrected chi connectivity index (χ0v) is 19.3. The first-order valence-corrected chi connectivity index (χ1v) is 11.2. The van der Waals surface area contributed by atoms with E-state index in [1.54, 1.807) is 24.2 Å². The van der Waals surface area contributed by atoms with Gasteiger partial charge in [0, 0.05) is 37.9 Å². The molecule has 0 aliphatic carbocycles. The second-order valence-corrected chi connectivity index (χ2v) is 8.38. The minimum atomic E-state index is -0.531. The summed E-state index contributed by atoms with van der Waals surface area (Å²) in [7, 11) is 1.78. The van der Waals surface area contributed by atoms with Crippen LogP contribution >= 0.6 is 11.6 Å². The fourth-order valence-corrected chi connectivity index (χ4v) is 3.68. The highest BCUT2D eigenvalue weighted by Gasteiger charge is 2.14. The van der Waals surface area contributed by atoms with Gasteiger partial charge in [-0.25, -0.2) is 4.98 Å². The summed E-state index contributed by atoms with van der Waals surface area (Å²) in [5.41, 5.74) is 3.64. The average Bonchev–Trinajstić information content (AvgIpc) is 2.83. The molecule has 6 heteroatoms. The van der Waals surface area contributed by atoms with Crippen molar-refractivity contribution < 1.29 is 9.90 Å². The number of benzene rings is 2. The van der Waals surface area contributed by atoms with Gasteiger partial charge >= 0.3 is 0 Å². The van der Waals surface area contributed by atoms with Gasteiger partial charge < -0.3 is 15.3 Å². The number of hydrogen-bond acceptors (Lipinski definition) is 4. The Bertz CT molecular complexity index is 978. The Morgan fingerprint density at radius 2 is 1.75 bits per heavy atom. The molecule has 0 bridgehead atoms. The maximum atomic E-state index is 12.8. The predicted molar refractivity (Wildman–Crippen MR) is 129 cm³/mol. The van der Waals surface area contributed by atoms with Crippen LogP contribution in [0.1, 0.15) is 46.5 Å². The summed E-state index contributed by atoms with van der Waals surface area (Å²) < 4.78 is 0. The quantitative estimate of drug-likeness (QED) is 0.440. The van der Waals surface area contributed by atoms with E-state index < -0.39 is 6.10 Å². The van der Waals surface area contributed by atoms with Crippen molar-refractivity contribution in [3.8, 4) is 0 Å². The SMILES string of the molecule is CCC(Cc1ccc(C(=O)N(C)Cc2ccc(Cl)nc2)cc1)NCC(O)c1ccccc1. The van der Waals surface area contributed by atoms with Crippen LogP contribution in [0.3, 0.4) is 0 Å². The van der Waals surface area contributed by atoms with Gasteiger partial charge in [0.25, 0.3) is 5.91 Å². The van der Waals surface area contributed by atoms with Gasteiger partial charge in [-0.2, -0.15) is 0 Å². The lowest BCUT2D eigenvalue weighted by molar-refractivity contribution is 0.0785. The van der Waals surface area contributed by atoms with Crippen molar-refractivity contribution >= 4 is 17.5 Å². The van der Waals surface area contributed by atoms with E-state index in [0.29, 0.717) is 23.8 Å². The van der Waals surface area contributed by atoms with Crippen LogP contribution in [0.2, 0.25) is 5.15 Å². The van der Waals surface area contributed by atoms with Crippen molar-refractivity contribution in [2.24, 2.45) is 0 Å². The van der Waals surface area contributed by atoms with Crippen molar-refractivity contribution in [3.63, 3.8) is 0 Å². The Morgan fingerprint density at radius 1 is 1.06 bits per heavy atom. The highest BCUT2D eigenvalue weighted by atomic mass is 35.5. The van der Waals surface area contributed by atoms with Crippen molar-refractivity contribution in [2.45, 2.75) is 38.5 Å². The number of halogens is 1. The fraction of sp³-hybridized carbons (Fsp3) is 0.308. The van der Waals surface area contributed by atoms with Crippen LogP contribution < -0.4 is 5.32 Å². The molecule has 0 saturated carbocycles. The highest BCUT2D eigenvalue weighted by molar-refractivity contribution is 6.29. The molecule has 2 atom stereocenters. The van der Waals surface area contributed by atoms with E-state index in [1.165, 1.54) is 0 Å². The van der Waals surface area contributed by atoms with E-state index in [0.717, 1.165) is 29.5 Å². The number of carbonyl (C=O) groups excluding carboxylic acids is 1. The van der Waals surface area contributed by atoms with Crippen LogP contribution in [0, 0.1) is 0 Å². The molecule has 0 aliphatic rings. The van der Waals surface area contributed by atoms with E-state index in [1.807, 2.05) is 60.7 Å². The number of aliphatic hydroxyl groups excluding tert-OH is 1. The van der Waals surface area contributed by atoms with Gasteiger partial charge in [0.15, 0.2) is 0 Å². The van der Waals surface area contributed by atoms with Crippen LogP contribution in [0.5, 0.6) is 0 Å². The third kappa shape index (κ3) is 6.89. The van der Waals surface area contributed by atoms with Gasteiger partial charge in [0.2, 0.25) is 0 Å². The van der Waals surface area contributed by atoms with Crippen LogP contribution in [0.4, 0.5) is 0 Å². The Morgan fingerprint density at radius 3 is 2.38 bits per heavy atom. The molecular formula is C26H30ClN3O2. The third-order valence-electron chi connectivity index (χ3n) is 5.52. The molecular weight excluding hydrogens is 422 g/mol. The maximum Gasteiger partial charge on any atom is 0.253 e. The molecule has 5 nitrogen and oxygen atoms in total. The van der Waals surface area contributed by atoms with Crippen molar-refractivity contribution in [1.29, 1.82) is 0 Å². The lowest BCUT2D eigenvalue weighted by Crippen LogP contribution is -2.34. The van der Waals surface area contributed by atoms with Gasteiger partial charge in [0.05, 0.1) is 6.10 Å². The summed E-state index contributed by atoms with van der Waals surface area (Å²) in [6, 6.07) is 21.3. The molecule has 0 aliphatic heterocycles. The molecule has 1 aromatic heterocycles. The largest absolute Gasteiger partial charge is 0.387 e. The maximum absolute atomic E-state index is 12.8. The summed E-state index contributed by atoms with van der Waals surface area (Å²) >= 11 is 5.82. The van der Waals surface area contributed by atoms with Crippen LogP contribution in [0.25, 0.3) is 0 Å². The number of nitrogens with one attached hydrogen (secondary N) is 1. The monoisotopic (exact) mass is 451 g/mol. The Hall–Kier alpha value is -2.73. The number of aromatic nitrogens is 1. The normalized spacial score (nSPS) is 12.9. The van der Waals surface area contributed by atoms with Crippen molar-refractivity contribution in [3.05, 3.63) is 100 Å². The molecule has 0 spiro atoms. The molecule has 0 fully saturated rings. The fourth-order valence-electron chi connectivity index (χ4n) is 3.57. The van der Waals surface area contributed by atoms with Gasteiger partial charge in [0.1, 0.15) is 5.15 Å². The van der Waals surface area contributed by atoms with Crippen molar-refractivity contribution in [1.82, 2.24) is 15.2 Å². The first-order chi connectivity index (χ1) is 15.5. The number of hydrogen-bond donors (Lipinski definition) is 2. The summed E-state index contributed by atoms with van der Waals surface area (Å²) in [6.45, 7) is 3.10. The molecule has 2 N–H and O–H groups in total. The summed E-state index contributed by atoms with van der Waals surface area (Å²) in [4.78, 5) is 18.5. The zero-order chi connectivity index (χ0) is 22.9. The van der Waals surface area contributed by atoms with Crippen LogP contribution in [0.15, 0.2) is 72.9 Å². The molecule has 3 aromatic rings. The number of amides is 1. The average molecular weight is 452 g/mol. The smallest absolute Gasteiger partial charge is 0.253 e. The molecule has 2 unspecified atom stereocenters. The number of rotatable bonds is 10. The number of pyridine rings is 1. The van der Waals surface area contributed by atoms with E-state index in [-0.39, 0.29) is 11.9 Å². The summed E-state index contributed by atoms with van der Waals surface area (Å²) in [5.74, 6) is -0.0392. The number of aliphatic hydroxyl groups is 1. The predicted octanol–water partition coefficient (Wildman–Crippen LogP) is 4.65. The lowest BCUT2D eigenvalue weighted by Gasteiger charge is -2.20. The molecule has 1 amide bonds. The summed E-state index contributed by atoms with van der Waals surface area (Å²) in [5, 5.41) is 14.3. The van der Waals surface area contributed by atoms with Crippen LogP contribution in [-0.2, 0) is 13.0 Å². The molecule has 3 rings (SSSR count). The standard InChI is InChI=1S/C26H30ClN3O2/c1-3-23(28-17-24(31)21-7-5-4-6-8-21)15-19-9-12-22(13-10-19)26(32)30(2)18-20-11-14-25(27)29-16-20/h4-14,16,23-24,28,31H,3,15,17-18H2,1-2H3. The van der Waals surface area contributed by atoms with Gasteiger partial charge in [-0.05, 0) is 47.7 Å². The Balaban J connectivity index is 1.53. The first-order valence-electron chi connectivity index (χ1n) is 10.9. The second kappa shape index (κ2) is 11.8. The molecule has 1 heterocycles. The van der Waals surface area contributed by atoms with Gasteiger partial charge in [-0.1, -0.05) is 67.1 Å². The minimum absolute atomic E-state index is 0.0392. The highest BCUT2D eigenvalue weighted by Crippen LogP contribution is 2.15. The first kappa shape index (κ1) is 23.9. The molecule has 168 valence electrons. The van der Waals surface area contributed by atoms with E-state index >= 15 is 0 Å². The lowest BCUT2D eigenvalue weighted by atomic mass is 10.0. The third-order valence-corrected chi connectivity index (χ3v) is 5.74. The van der Waals surface area contributed by atoms with E-state index in [9.17, 15) is 9.90 Å². The zero-order valence-electron chi connectivity index (χ0n) is 18.5. The molecule has 2 aromatic carbocycles. The van der Waals surface area contributed by atoms with Gasteiger partial charge in [-0.15, -0.1) is 0 Å². The molecule has 32 heavy (non-hydrogen) atoms. The number of nitrogens with zero attached hydrogens (tertiary/aromatic N) is 2. The van der Waals surface area contributed by atoms with Gasteiger partial charge in [-0.3, -0.25) is 4.79 Å². The Labute approximate surface area is 195 Å². The molecule has 0 radical (unpaired) electrons. The minimum Gasteiger partial charge on any atom is -0.387 e. The number of carbonyl (C=O) groups is 1. The topological polar surface area (TPSA) is 65.5 Å². The molecule has 0 saturated heterocycles. The second-order valence-electron chi connectivity index (χ2n) is 7.99. The van der Waals surface area contributed by atoms with Crippen LogP contribution in [-0.4, -0.2) is 40.5 Å². The summed E-state index contributed by atoms with van der Waals surface area (Å²) in [6.07, 6.45) is 2.93. The Kier molecular flexibility index (Phi) is 8.80. The van der Waals surface area contributed by atoms with Crippen molar-refractivity contribution in [2.75, 3.05) is 13.6 Å². The van der Waals surface area contributed by atoms with E-state index in [4.69, 9.17) is 11.6 Å².